The molecule has 1 rings (SSSR count). The predicted molar refractivity (Wildman–Crippen MR) is 54.1 cm³/mol. The Morgan fingerprint density at radius 1 is 1.29 bits per heavy atom. The van der Waals surface area contributed by atoms with Crippen LogP contribution in [-0.4, -0.2) is 14.4 Å². The molecule has 0 aliphatic rings. The molecule has 0 unspecified atom stereocenters. The first kappa shape index (κ1) is 12.1. The van der Waals surface area contributed by atoms with Crippen molar-refractivity contribution in [1.82, 2.24) is 0 Å². The van der Waals surface area contributed by atoms with Crippen molar-refractivity contribution >= 4 is 22.1 Å². The Hall–Kier alpha value is -1.89. The lowest BCUT2D eigenvalue weighted by molar-refractivity contribution is 0.623. The van der Waals surface area contributed by atoms with Crippen molar-refractivity contribution in [1.29, 1.82) is 5.41 Å². The molecule has 0 aliphatic carbocycles. The summed E-state index contributed by atoms with van der Waals surface area (Å²) in [5.74, 6) is -0.701. The van der Waals surface area contributed by atoms with Crippen LogP contribution in [0.1, 0.15) is 0 Å². The first-order valence-corrected chi connectivity index (χ1v) is 4.51. The minimum Gasteiger partial charge on any atom is -0.399 e. The molecule has 0 saturated carbocycles. The Labute approximate surface area is 82.8 Å². The van der Waals surface area contributed by atoms with E-state index in [1.807, 2.05) is 30.3 Å². The molecule has 1 aromatic carbocycles. The number of hydrogen-bond acceptors (Lipinski definition) is 4. The normalized spacial score (nSPS) is 8.00. The van der Waals surface area contributed by atoms with Crippen LogP contribution in [0.5, 0.6) is 0 Å². The zero-order valence-electron chi connectivity index (χ0n) is 7.21. The maximum Gasteiger partial charge on any atom is 0.319 e. The molecule has 0 saturated heterocycles. The second-order valence-corrected chi connectivity index (χ2v) is 2.72. The Balaban J connectivity index is 0.000000241. The number of guanidine groups is 1. The fraction of sp³-hybridized carbons (Fsp3) is 0. The molecule has 0 aliphatic heterocycles. The lowest BCUT2D eigenvalue weighted by Crippen LogP contribution is -2.03. The van der Waals surface area contributed by atoms with Crippen LogP contribution >= 0.6 is 0 Å². The largest absolute Gasteiger partial charge is 0.399 e. The molecule has 0 spiro atoms. The predicted octanol–water partition coefficient (Wildman–Crippen LogP) is 0.211. The van der Waals surface area contributed by atoms with Gasteiger partial charge in [-0.1, -0.05) is 22.6 Å². The molecule has 0 amide bonds. The zero-order chi connectivity index (χ0) is 11.0. The Bertz CT molecular complexity index is 405. The average molecular weight is 214 g/mol. The van der Waals surface area contributed by atoms with Crippen LogP contribution in [0.2, 0.25) is 0 Å². The number of para-hydroxylation sites is 1. The van der Waals surface area contributed by atoms with Gasteiger partial charge < -0.3 is 11.5 Å². The van der Waals surface area contributed by atoms with Crippen molar-refractivity contribution in [3.05, 3.63) is 30.3 Å². The van der Waals surface area contributed by atoms with E-state index in [0.29, 0.717) is 0 Å². The molecule has 0 heterocycles. The Morgan fingerprint density at radius 3 is 1.93 bits per heavy atom. The third kappa shape index (κ3) is 8.21. The van der Waals surface area contributed by atoms with Crippen molar-refractivity contribution < 1.29 is 8.42 Å². The quantitative estimate of drug-likeness (QED) is 0.324. The molecular formula is C7H10N4O2S. The monoisotopic (exact) mass is 214 g/mol. The molecule has 6 nitrogen and oxygen atoms in total. The van der Waals surface area contributed by atoms with Crippen molar-refractivity contribution in [2.45, 2.75) is 0 Å². The fourth-order valence-corrected chi connectivity index (χ4v) is 0.694. The van der Waals surface area contributed by atoms with Crippen LogP contribution in [0.15, 0.2) is 34.7 Å². The van der Waals surface area contributed by atoms with E-state index >= 15 is 0 Å². The summed E-state index contributed by atoms with van der Waals surface area (Å²) in [7, 11) is -2.57. The van der Waals surface area contributed by atoms with E-state index in [1.165, 1.54) is 0 Å². The van der Waals surface area contributed by atoms with Crippen LogP contribution < -0.4 is 11.5 Å². The lowest BCUT2D eigenvalue weighted by atomic mass is 10.3. The van der Waals surface area contributed by atoms with Crippen molar-refractivity contribution in [2.24, 2.45) is 10.1 Å². The van der Waals surface area contributed by atoms with Gasteiger partial charge in [0.15, 0.2) is 0 Å². The maximum absolute atomic E-state index is 9.42. The summed E-state index contributed by atoms with van der Waals surface area (Å²) in [5, 5.41) is 6.24. The molecule has 14 heavy (non-hydrogen) atoms. The van der Waals surface area contributed by atoms with E-state index < -0.39 is 16.5 Å². The second-order valence-electron chi connectivity index (χ2n) is 2.10. The van der Waals surface area contributed by atoms with Gasteiger partial charge in [0.1, 0.15) is 0 Å². The first-order valence-electron chi connectivity index (χ1n) is 3.48. The van der Waals surface area contributed by atoms with Crippen LogP contribution in [0, 0.1) is 5.41 Å². The van der Waals surface area contributed by atoms with E-state index in [-0.39, 0.29) is 0 Å². The molecule has 1 aromatic rings. The van der Waals surface area contributed by atoms with Gasteiger partial charge >= 0.3 is 10.5 Å². The summed E-state index contributed by atoms with van der Waals surface area (Å²) in [5.41, 5.74) is 10.7. The van der Waals surface area contributed by atoms with E-state index in [9.17, 15) is 8.42 Å². The first-order chi connectivity index (χ1) is 6.52. The molecular weight excluding hydrogens is 204 g/mol. The number of nitrogens with one attached hydrogen (secondary N) is 1. The van der Waals surface area contributed by atoms with Crippen LogP contribution in [0.25, 0.3) is 0 Å². The molecule has 0 atom stereocenters. The third-order valence-corrected chi connectivity index (χ3v) is 1.32. The topological polar surface area (TPSA) is 122 Å². The lowest BCUT2D eigenvalue weighted by Gasteiger charge is -1.83. The fourth-order valence-electron chi connectivity index (χ4n) is 0.533. The van der Waals surface area contributed by atoms with Crippen LogP contribution in [-0.2, 0) is 10.5 Å². The highest BCUT2D eigenvalue weighted by atomic mass is 32.2. The van der Waals surface area contributed by atoms with E-state index in [1.54, 1.807) is 0 Å². The van der Waals surface area contributed by atoms with Crippen LogP contribution in [0.3, 0.4) is 0 Å². The van der Waals surface area contributed by atoms with Gasteiger partial charge in [0.2, 0.25) is 5.96 Å². The number of nitrogen functional groups attached to an aromatic ring is 1. The summed E-state index contributed by atoms with van der Waals surface area (Å²) < 4.78 is 21.4. The third-order valence-electron chi connectivity index (χ3n) is 0.972. The summed E-state index contributed by atoms with van der Waals surface area (Å²) >= 11 is 0. The second kappa shape index (κ2) is 6.61. The highest BCUT2D eigenvalue weighted by Crippen LogP contribution is 1.95. The maximum atomic E-state index is 9.42. The SMILES string of the molecule is N=C(N)N=S(=O)=O.Nc1ccccc1. The van der Waals surface area contributed by atoms with Gasteiger partial charge in [0, 0.05) is 5.69 Å². The van der Waals surface area contributed by atoms with Gasteiger partial charge in [0.05, 0.1) is 0 Å². The summed E-state index contributed by atoms with van der Waals surface area (Å²) in [6.45, 7) is 0. The highest BCUT2D eigenvalue weighted by Gasteiger charge is 1.74. The smallest absolute Gasteiger partial charge is 0.319 e. The molecule has 5 N–H and O–H groups in total. The number of nitrogens with zero attached hydrogens (tertiary/aromatic N) is 1. The summed E-state index contributed by atoms with van der Waals surface area (Å²) in [6.07, 6.45) is 0. The summed E-state index contributed by atoms with van der Waals surface area (Å²) in [4.78, 5) is 0. The highest BCUT2D eigenvalue weighted by molar-refractivity contribution is 7.62. The molecule has 76 valence electrons. The van der Waals surface area contributed by atoms with Crippen molar-refractivity contribution in [2.75, 3.05) is 5.73 Å². The number of anilines is 1. The van der Waals surface area contributed by atoms with E-state index in [0.717, 1.165) is 5.69 Å². The molecule has 0 fully saturated rings. The van der Waals surface area contributed by atoms with Gasteiger partial charge in [-0.15, -0.1) is 0 Å². The van der Waals surface area contributed by atoms with Gasteiger partial charge in [-0.2, -0.15) is 8.42 Å². The van der Waals surface area contributed by atoms with E-state index in [4.69, 9.17) is 11.1 Å². The van der Waals surface area contributed by atoms with Gasteiger partial charge in [-0.25, -0.2) is 0 Å². The zero-order valence-corrected chi connectivity index (χ0v) is 8.03. The average Bonchev–Trinajstić information content (AvgIpc) is 2.03. The minimum absolute atomic E-state index is 0.701. The van der Waals surface area contributed by atoms with Gasteiger partial charge in [0.25, 0.3) is 0 Å². The van der Waals surface area contributed by atoms with Crippen LogP contribution in [0.4, 0.5) is 5.69 Å². The number of hydrogen-bond donors (Lipinski definition) is 3. The molecule has 7 heteroatoms. The van der Waals surface area contributed by atoms with Gasteiger partial charge in [-0.3, -0.25) is 5.41 Å². The van der Waals surface area contributed by atoms with Crippen molar-refractivity contribution in [3.8, 4) is 0 Å². The molecule has 0 aromatic heterocycles. The van der Waals surface area contributed by atoms with E-state index in [2.05, 4.69) is 10.1 Å². The standard InChI is InChI=1S/C6H7N.CH3N3O2S/c7-6-4-2-1-3-5-6;2-1(3)4-7(5)6/h1-5H,7H2;(H3,2,3). The molecule has 0 bridgehead atoms. The number of nitrogens with two attached hydrogens (primary N) is 2. The Morgan fingerprint density at radius 2 is 1.79 bits per heavy atom. The van der Waals surface area contributed by atoms with Crippen molar-refractivity contribution in [3.63, 3.8) is 0 Å². The number of rotatable bonds is 0. The molecule has 0 radical (unpaired) electrons. The summed E-state index contributed by atoms with van der Waals surface area (Å²) in [6, 6.07) is 9.49. The Kier molecular flexibility index (Phi) is 5.72. The number of benzene rings is 1. The minimum atomic E-state index is -2.57. The van der Waals surface area contributed by atoms with Gasteiger partial charge in [-0.05, 0) is 12.1 Å².